The number of hydrogen-bond donors (Lipinski definition) is 1. The molecular formula is C17H20N2O4S2. The normalized spacial score (nSPS) is 18.7. The molecule has 1 atom stereocenters. The van der Waals surface area contributed by atoms with Gasteiger partial charge in [-0.2, -0.15) is 4.31 Å². The molecule has 1 amide bonds. The van der Waals surface area contributed by atoms with Crippen molar-refractivity contribution in [2.75, 3.05) is 25.5 Å². The summed E-state index contributed by atoms with van der Waals surface area (Å²) in [4.78, 5) is 12.5. The van der Waals surface area contributed by atoms with Gasteiger partial charge >= 0.3 is 0 Å². The van der Waals surface area contributed by atoms with Crippen molar-refractivity contribution in [3.8, 4) is 5.75 Å². The van der Waals surface area contributed by atoms with Crippen LogP contribution in [0.3, 0.4) is 0 Å². The van der Waals surface area contributed by atoms with Crippen molar-refractivity contribution in [2.24, 2.45) is 5.92 Å². The number of carbonyl (C=O) groups is 1. The molecule has 1 aliphatic rings. The third-order valence-corrected chi connectivity index (χ3v) is 7.44. The van der Waals surface area contributed by atoms with Gasteiger partial charge in [0.1, 0.15) is 9.96 Å². The highest BCUT2D eigenvalue weighted by Gasteiger charge is 2.33. The first-order valence-corrected chi connectivity index (χ1v) is 10.3. The number of anilines is 1. The molecule has 3 rings (SSSR count). The van der Waals surface area contributed by atoms with Crippen molar-refractivity contribution in [3.05, 3.63) is 41.8 Å². The number of benzene rings is 1. The Hall–Kier alpha value is -1.90. The van der Waals surface area contributed by atoms with E-state index in [0.29, 0.717) is 35.0 Å². The van der Waals surface area contributed by atoms with Gasteiger partial charge in [0.25, 0.3) is 10.0 Å². The molecule has 134 valence electrons. The van der Waals surface area contributed by atoms with E-state index in [1.165, 1.54) is 15.6 Å². The Morgan fingerprint density at radius 1 is 1.28 bits per heavy atom. The fourth-order valence-electron chi connectivity index (χ4n) is 2.83. The summed E-state index contributed by atoms with van der Waals surface area (Å²) < 4.78 is 32.1. The molecule has 6 nitrogen and oxygen atoms in total. The summed E-state index contributed by atoms with van der Waals surface area (Å²) >= 11 is 1.20. The molecule has 0 spiro atoms. The molecule has 0 aliphatic carbocycles. The van der Waals surface area contributed by atoms with E-state index in [-0.39, 0.29) is 18.4 Å². The lowest BCUT2D eigenvalue weighted by molar-refractivity contribution is -0.120. The number of hydrogen-bond acceptors (Lipinski definition) is 5. The van der Waals surface area contributed by atoms with Gasteiger partial charge in [0.15, 0.2) is 0 Å². The topological polar surface area (TPSA) is 75.7 Å². The molecule has 2 heterocycles. The van der Waals surface area contributed by atoms with E-state index in [0.717, 1.165) is 0 Å². The third-order valence-electron chi connectivity index (χ3n) is 4.20. The molecule has 1 aromatic heterocycles. The molecule has 1 aliphatic heterocycles. The van der Waals surface area contributed by atoms with Crippen molar-refractivity contribution in [3.63, 3.8) is 0 Å². The average Bonchev–Trinajstić information content (AvgIpc) is 3.18. The van der Waals surface area contributed by atoms with E-state index < -0.39 is 10.0 Å². The fraction of sp³-hybridized carbons (Fsp3) is 0.353. The lowest BCUT2D eigenvalue weighted by Crippen LogP contribution is -2.43. The number of sulfonamides is 1. The van der Waals surface area contributed by atoms with Crippen molar-refractivity contribution in [1.82, 2.24) is 4.31 Å². The van der Waals surface area contributed by atoms with Crippen molar-refractivity contribution >= 4 is 33.0 Å². The van der Waals surface area contributed by atoms with Gasteiger partial charge < -0.3 is 10.1 Å². The number of amides is 1. The average molecular weight is 380 g/mol. The first-order chi connectivity index (χ1) is 12.0. The molecule has 0 radical (unpaired) electrons. The van der Waals surface area contributed by atoms with E-state index in [9.17, 15) is 13.2 Å². The monoisotopic (exact) mass is 380 g/mol. The number of rotatable bonds is 5. The number of methoxy groups -OCH3 is 1. The van der Waals surface area contributed by atoms with Crippen LogP contribution in [0.1, 0.15) is 12.8 Å². The van der Waals surface area contributed by atoms with Crippen molar-refractivity contribution in [1.29, 1.82) is 0 Å². The van der Waals surface area contributed by atoms with Crippen LogP contribution in [-0.2, 0) is 14.8 Å². The Morgan fingerprint density at radius 2 is 2.04 bits per heavy atom. The molecule has 1 saturated heterocycles. The highest BCUT2D eigenvalue weighted by molar-refractivity contribution is 7.91. The first-order valence-electron chi connectivity index (χ1n) is 7.99. The minimum atomic E-state index is -3.51. The number of carbonyl (C=O) groups excluding carboxylic acids is 1. The van der Waals surface area contributed by atoms with E-state index in [4.69, 9.17) is 4.74 Å². The zero-order chi connectivity index (χ0) is 17.9. The van der Waals surface area contributed by atoms with E-state index in [1.807, 2.05) is 0 Å². The maximum absolute atomic E-state index is 12.6. The lowest BCUT2D eigenvalue weighted by Gasteiger charge is -2.30. The molecule has 1 N–H and O–H groups in total. The Balaban J connectivity index is 1.67. The smallest absolute Gasteiger partial charge is 0.252 e. The summed E-state index contributed by atoms with van der Waals surface area (Å²) in [5.74, 6) is 0.200. The number of thiophene rings is 1. The summed E-state index contributed by atoms with van der Waals surface area (Å²) in [5, 5.41) is 4.60. The highest BCUT2D eigenvalue weighted by atomic mass is 32.2. The zero-order valence-corrected chi connectivity index (χ0v) is 15.5. The summed E-state index contributed by atoms with van der Waals surface area (Å²) in [5.41, 5.74) is 0.670. The highest BCUT2D eigenvalue weighted by Crippen LogP contribution is 2.27. The molecule has 25 heavy (non-hydrogen) atoms. The summed E-state index contributed by atoms with van der Waals surface area (Å²) in [7, 11) is -1.93. The largest absolute Gasteiger partial charge is 0.497 e. The molecule has 0 bridgehead atoms. The van der Waals surface area contributed by atoms with Crippen LogP contribution in [0.15, 0.2) is 46.0 Å². The number of ether oxygens (including phenoxy) is 1. The van der Waals surface area contributed by atoms with Gasteiger partial charge in [-0.1, -0.05) is 6.07 Å². The quantitative estimate of drug-likeness (QED) is 0.865. The van der Waals surface area contributed by atoms with Gasteiger partial charge in [-0.3, -0.25) is 4.79 Å². The van der Waals surface area contributed by atoms with E-state index >= 15 is 0 Å². The van der Waals surface area contributed by atoms with Gasteiger partial charge in [0.2, 0.25) is 5.91 Å². The number of nitrogens with one attached hydrogen (secondary N) is 1. The van der Waals surface area contributed by atoms with E-state index in [2.05, 4.69) is 5.32 Å². The van der Waals surface area contributed by atoms with Crippen molar-refractivity contribution < 1.29 is 17.9 Å². The maximum atomic E-state index is 12.6. The Labute approximate surface area is 151 Å². The first kappa shape index (κ1) is 17.9. The second kappa shape index (κ2) is 7.55. The van der Waals surface area contributed by atoms with Gasteiger partial charge in [-0.15, -0.1) is 11.3 Å². The second-order valence-electron chi connectivity index (χ2n) is 5.85. The SMILES string of the molecule is COc1ccc(NC(=O)[C@H]2CCCN(S(=O)(=O)c3cccs3)C2)cc1. The van der Waals surface area contributed by atoms with Gasteiger partial charge in [-0.25, -0.2) is 8.42 Å². The summed E-state index contributed by atoms with van der Waals surface area (Å²) in [6.45, 7) is 0.661. The van der Waals surface area contributed by atoms with Crippen LogP contribution in [0.25, 0.3) is 0 Å². The van der Waals surface area contributed by atoms with Crippen LogP contribution in [0, 0.1) is 5.92 Å². The van der Waals surface area contributed by atoms with E-state index in [1.54, 1.807) is 48.9 Å². The van der Waals surface area contributed by atoms with Crippen LogP contribution < -0.4 is 10.1 Å². The minimum absolute atomic E-state index is 0.156. The van der Waals surface area contributed by atoms with Gasteiger partial charge in [-0.05, 0) is 48.6 Å². The lowest BCUT2D eigenvalue weighted by atomic mass is 9.99. The molecular weight excluding hydrogens is 360 g/mol. The second-order valence-corrected chi connectivity index (χ2v) is 8.96. The van der Waals surface area contributed by atoms with Crippen LogP contribution >= 0.6 is 11.3 Å². The summed E-state index contributed by atoms with van der Waals surface area (Å²) in [6.07, 6.45) is 1.35. The predicted molar refractivity (Wildman–Crippen MR) is 97.4 cm³/mol. The molecule has 8 heteroatoms. The molecule has 0 saturated carbocycles. The van der Waals surface area contributed by atoms with Crippen molar-refractivity contribution in [2.45, 2.75) is 17.1 Å². The van der Waals surface area contributed by atoms with Crippen LogP contribution in [0.4, 0.5) is 5.69 Å². The zero-order valence-electron chi connectivity index (χ0n) is 13.8. The minimum Gasteiger partial charge on any atom is -0.497 e. The van der Waals surface area contributed by atoms with Crippen LogP contribution in [0.2, 0.25) is 0 Å². The Morgan fingerprint density at radius 3 is 2.68 bits per heavy atom. The molecule has 1 aromatic carbocycles. The van der Waals surface area contributed by atoms with Gasteiger partial charge in [0, 0.05) is 18.8 Å². The molecule has 0 unspecified atom stereocenters. The maximum Gasteiger partial charge on any atom is 0.252 e. The molecule has 1 fully saturated rings. The Kier molecular flexibility index (Phi) is 5.41. The predicted octanol–water partition coefficient (Wildman–Crippen LogP) is 2.80. The molecule has 2 aromatic rings. The van der Waals surface area contributed by atoms with Gasteiger partial charge in [0.05, 0.1) is 13.0 Å². The standard InChI is InChI=1S/C17H20N2O4S2/c1-23-15-8-6-14(7-9-15)18-17(20)13-4-2-10-19(12-13)25(21,22)16-5-3-11-24-16/h3,5-9,11,13H,2,4,10,12H2,1H3,(H,18,20)/t13-/m0/s1. The Bertz CT molecular complexity index is 817. The van der Waals surface area contributed by atoms with Crippen LogP contribution in [-0.4, -0.2) is 38.8 Å². The van der Waals surface area contributed by atoms with Crippen LogP contribution in [0.5, 0.6) is 5.75 Å². The third kappa shape index (κ3) is 4.02. The summed E-state index contributed by atoms with van der Waals surface area (Å²) in [6, 6.07) is 10.4. The number of piperidine rings is 1. The number of nitrogens with zero attached hydrogens (tertiary/aromatic N) is 1. The fourth-order valence-corrected chi connectivity index (χ4v) is 5.50.